The molecule has 2 rings (SSSR count). The van der Waals surface area contributed by atoms with Gasteiger partial charge < -0.3 is 20.0 Å². The molecule has 138 valence electrons. The standard InChI is InChI=1S/C18H30N6O/c1-7-19-18(22-14(3)17-9-8-13(2)25-17)20-11-16(23(4)5)15-10-21-24(6)12-15/h8-10,12,14,16H,7,11H2,1-6H3,(H2,19,20,22). The van der Waals surface area contributed by atoms with Gasteiger partial charge in [0.15, 0.2) is 5.96 Å². The van der Waals surface area contributed by atoms with Crippen LogP contribution in [-0.2, 0) is 7.05 Å². The van der Waals surface area contributed by atoms with Gasteiger partial charge in [-0.05, 0) is 47.0 Å². The van der Waals surface area contributed by atoms with E-state index >= 15 is 0 Å². The average molecular weight is 346 g/mol. The number of hydrogen-bond donors (Lipinski definition) is 2. The second kappa shape index (κ2) is 8.71. The largest absolute Gasteiger partial charge is 0.464 e. The zero-order chi connectivity index (χ0) is 18.4. The van der Waals surface area contributed by atoms with Crippen LogP contribution in [0.5, 0.6) is 0 Å². The Balaban J connectivity index is 2.09. The highest BCUT2D eigenvalue weighted by Crippen LogP contribution is 2.18. The van der Waals surface area contributed by atoms with E-state index in [9.17, 15) is 0 Å². The van der Waals surface area contributed by atoms with Gasteiger partial charge in [-0.1, -0.05) is 0 Å². The molecule has 2 aromatic heterocycles. The lowest BCUT2D eigenvalue weighted by molar-refractivity contribution is 0.306. The van der Waals surface area contributed by atoms with Gasteiger partial charge in [-0.3, -0.25) is 9.67 Å². The van der Waals surface area contributed by atoms with Crippen LogP contribution in [0, 0.1) is 6.92 Å². The summed E-state index contributed by atoms with van der Waals surface area (Å²) in [5.74, 6) is 2.59. The molecule has 0 aliphatic rings. The number of hydrogen-bond acceptors (Lipinski definition) is 4. The molecule has 2 N–H and O–H groups in total. The summed E-state index contributed by atoms with van der Waals surface area (Å²) in [4.78, 5) is 6.92. The van der Waals surface area contributed by atoms with E-state index in [0.29, 0.717) is 6.54 Å². The molecule has 0 aromatic carbocycles. The Labute approximate surface area is 150 Å². The summed E-state index contributed by atoms with van der Waals surface area (Å²) in [6.45, 7) is 7.51. The SMILES string of the molecule is CCNC(=NCC(c1cnn(C)c1)N(C)C)NC(C)c1ccc(C)o1. The van der Waals surface area contributed by atoms with Crippen LogP contribution >= 0.6 is 0 Å². The maximum absolute atomic E-state index is 5.70. The Kier molecular flexibility index (Phi) is 6.64. The van der Waals surface area contributed by atoms with Gasteiger partial charge in [0.2, 0.25) is 0 Å². The molecule has 7 nitrogen and oxygen atoms in total. The predicted octanol–water partition coefficient (Wildman–Crippen LogP) is 2.24. The number of furan rings is 1. The van der Waals surface area contributed by atoms with E-state index in [-0.39, 0.29) is 12.1 Å². The van der Waals surface area contributed by atoms with E-state index in [4.69, 9.17) is 9.41 Å². The van der Waals surface area contributed by atoms with E-state index in [1.54, 1.807) is 0 Å². The monoisotopic (exact) mass is 346 g/mol. The zero-order valence-electron chi connectivity index (χ0n) is 16.1. The smallest absolute Gasteiger partial charge is 0.191 e. The van der Waals surface area contributed by atoms with Gasteiger partial charge in [-0.2, -0.15) is 5.10 Å². The normalized spacial score (nSPS) is 14.6. The van der Waals surface area contributed by atoms with Crippen molar-refractivity contribution in [2.24, 2.45) is 12.0 Å². The third kappa shape index (κ3) is 5.35. The second-order valence-corrected chi connectivity index (χ2v) is 6.46. The third-order valence-corrected chi connectivity index (χ3v) is 4.04. The van der Waals surface area contributed by atoms with Crippen LogP contribution in [0.15, 0.2) is 33.9 Å². The van der Waals surface area contributed by atoms with Crippen LogP contribution in [0.2, 0.25) is 0 Å². The molecule has 2 aromatic rings. The second-order valence-electron chi connectivity index (χ2n) is 6.46. The van der Waals surface area contributed by atoms with Crippen molar-refractivity contribution < 1.29 is 4.42 Å². The highest BCUT2D eigenvalue weighted by Gasteiger charge is 2.17. The number of nitrogens with one attached hydrogen (secondary N) is 2. The van der Waals surface area contributed by atoms with Gasteiger partial charge in [0.1, 0.15) is 11.5 Å². The summed E-state index contributed by atoms with van der Waals surface area (Å²) < 4.78 is 7.52. The van der Waals surface area contributed by atoms with Gasteiger partial charge in [-0.25, -0.2) is 0 Å². The van der Waals surface area contributed by atoms with Crippen molar-refractivity contribution in [3.8, 4) is 0 Å². The molecule has 0 fully saturated rings. The van der Waals surface area contributed by atoms with Crippen molar-refractivity contribution in [1.82, 2.24) is 25.3 Å². The number of aliphatic imine (C=N–C) groups is 1. The Morgan fingerprint density at radius 3 is 2.68 bits per heavy atom. The average Bonchev–Trinajstić information content (AvgIpc) is 3.16. The Morgan fingerprint density at radius 2 is 2.16 bits per heavy atom. The van der Waals surface area contributed by atoms with E-state index in [0.717, 1.165) is 29.6 Å². The highest BCUT2D eigenvalue weighted by molar-refractivity contribution is 5.80. The minimum Gasteiger partial charge on any atom is -0.464 e. The summed E-state index contributed by atoms with van der Waals surface area (Å²) in [5.41, 5.74) is 1.15. The van der Waals surface area contributed by atoms with Gasteiger partial charge in [-0.15, -0.1) is 0 Å². The summed E-state index contributed by atoms with van der Waals surface area (Å²) >= 11 is 0. The molecule has 0 bridgehead atoms. The molecule has 2 unspecified atom stereocenters. The first-order chi connectivity index (χ1) is 11.9. The molecule has 0 aliphatic carbocycles. The van der Waals surface area contributed by atoms with Gasteiger partial charge >= 0.3 is 0 Å². The topological polar surface area (TPSA) is 70.6 Å². The van der Waals surface area contributed by atoms with Crippen molar-refractivity contribution in [3.05, 3.63) is 41.6 Å². The Hall–Kier alpha value is -2.28. The quantitative estimate of drug-likeness (QED) is 0.594. The summed E-state index contributed by atoms with van der Waals surface area (Å²) in [6, 6.07) is 4.18. The van der Waals surface area contributed by atoms with Gasteiger partial charge in [0, 0.05) is 25.4 Å². The third-order valence-electron chi connectivity index (χ3n) is 4.04. The fourth-order valence-electron chi connectivity index (χ4n) is 2.64. The van der Waals surface area contributed by atoms with E-state index in [2.05, 4.69) is 48.6 Å². The molecule has 0 spiro atoms. The minimum atomic E-state index is 0.0442. The fourth-order valence-corrected chi connectivity index (χ4v) is 2.64. The molecule has 0 saturated carbocycles. The summed E-state index contributed by atoms with van der Waals surface area (Å²) in [5, 5.41) is 11.0. The first-order valence-corrected chi connectivity index (χ1v) is 8.66. The molecule has 2 heterocycles. The Morgan fingerprint density at radius 1 is 1.40 bits per heavy atom. The summed E-state index contributed by atoms with van der Waals surface area (Å²) in [6.07, 6.45) is 3.93. The lowest BCUT2D eigenvalue weighted by Gasteiger charge is -2.22. The number of rotatable bonds is 7. The van der Waals surface area contributed by atoms with Gasteiger partial charge in [0.25, 0.3) is 0 Å². The van der Waals surface area contributed by atoms with Crippen LogP contribution in [0.25, 0.3) is 0 Å². The van der Waals surface area contributed by atoms with E-state index in [1.807, 2.05) is 43.2 Å². The molecule has 0 saturated heterocycles. The first kappa shape index (κ1) is 19.1. The molecule has 0 radical (unpaired) electrons. The summed E-state index contributed by atoms with van der Waals surface area (Å²) in [7, 11) is 6.04. The molecule has 0 aliphatic heterocycles. The van der Waals surface area contributed by atoms with Crippen LogP contribution < -0.4 is 10.6 Å². The number of nitrogens with zero attached hydrogens (tertiary/aromatic N) is 4. The maximum atomic E-state index is 5.70. The predicted molar refractivity (Wildman–Crippen MR) is 101 cm³/mol. The molecule has 7 heteroatoms. The molecule has 0 amide bonds. The van der Waals surface area contributed by atoms with Crippen LogP contribution in [0.3, 0.4) is 0 Å². The van der Waals surface area contributed by atoms with Crippen molar-refractivity contribution >= 4 is 5.96 Å². The van der Waals surface area contributed by atoms with Crippen molar-refractivity contribution in [2.45, 2.75) is 32.9 Å². The first-order valence-electron chi connectivity index (χ1n) is 8.66. The van der Waals surface area contributed by atoms with Crippen LogP contribution in [0.4, 0.5) is 0 Å². The van der Waals surface area contributed by atoms with E-state index < -0.39 is 0 Å². The number of aromatic nitrogens is 2. The zero-order valence-corrected chi connectivity index (χ0v) is 16.1. The molecular weight excluding hydrogens is 316 g/mol. The fraction of sp³-hybridized carbons (Fsp3) is 0.556. The lowest BCUT2D eigenvalue weighted by atomic mass is 10.1. The molecule has 2 atom stereocenters. The number of likely N-dealkylation sites (N-methyl/N-ethyl adjacent to an activating group) is 1. The van der Waals surface area contributed by atoms with Crippen molar-refractivity contribution in [1.29, 1.82) is 0 Å². The highest BCUT2D eigenvalue weighted by atomic mass is 16.3. The van der Waals surface area contributed by atoms with Crippen LogP contribution in [-0.4, -0.2) is 47.8 Å². The molecule has 25 heavy (non-hydrogen) atoms. The van der Waals surface area contributed by atoms with Crippen molar-refractivity contribution in [3.63, 3.8) is 0 Å². The maximum Gasteiger partial charge on any atom is 0.191 e. The lowest BCUT2D eigenvalue weighted by Crippen LogP contribution is -2.39. The number of aryl methyl sites for hydroxylation is 2. The molecular formula is C18H30N6O. The van der Waals surface area contributed by atoms with E-state index in [1.165, 1.54) is 0 Å². The Bertz CT molecular complexity index is 687. The van der Waals surface area contributed by atoms with Crippen LogP contribution in [0.1, 0.15) is 43.0 Å². The van der Waals surface area contributed by atoms with Gasteiger partial charge in [0.05, 0.1) is 24.8 Å². The minimum absolute atomic E-state index is 0.0442. The number of guanidine groups is 1. The van der Waals surface area contributed by atoms with Crippen molar-refractivity contribution in [2.75, 3.05) is 27.2 Å².